The molecule has 3 heterocycles. The van der Waals surface area contributed by atoms with E-state index >= 15 is 0 Å². The van der Waals surface area contributed by atoms with Crippen molar-refractivity contribution in [2.75, 3.05) is 6.54 Å². The number of aromatic nitrogens is 1. The summed E-state index contributed by atoms with van der Waals surface area (Å²) >= 11 is 1.58. The van der Waals surface area contributed by atoms with Crippen LogP contribution in [-0.2, 0) is 4.79 Å². The van der Waals surface area contributed by atoms with Gasteiger partial charge in [0, 0.05) is 19.2 Å². The molecule has 1 fully saturated rings. The lowest BCUT2D eigenvalue weighted by Crippen LogP contribution is -2.30. The molecule has 1 aliphatic heterocycles. The molecule has 2 N–H and O–H groups in total. The van der Waals surface area contributed by atoms with Crippen LogP contribution in [0.25, 0.3) is 10.2 Å². The Labute approximate surface area is 107 Å². The molecule has 94 valence electrons. The number of rotatable bonds is 3. The molecule has 2 aromatic rings. The van der Waals surface area contributed by atoms with E-state index in [9.17, 15) is 4.79 Å². The number of nitrogens with one attached hydrogen (secondary N) is 1. The van der Waals surface area contributed by atoms with Crippen LogP contribution >= 0.6 is 11.3 Å². The molecule has 1 aliphatic rings. The molecule has 2 unspecified atom stereocenters. The maximum atomic E-state index is 10.8. The predicted molar refractivity (Wildman–Crippen MR) is 68.1 cm³/mol. The molecule has 0 aliphatic carbocycles. The van der Waals surface area contributed by atoms with E-state index in [2.05, 4.69) is 10.3 Å². The van der Waals surface area contributed by atoms with Gasteiger partial charge >= 0.3 is 5.97 Å². The zero-order chi connectivity index (χ0) is 12.5. The fraction of sp³-hybridized carbons (Fsp3) is 0.333. The van der Waals surface area contributed by atoms with Crippen LogP contribution in [0, 0.1) is 0 Å². The zero-order valence-electron chi connectivity index (χ0n) is 9.50. The molecule has 0 amide bonds. The molecule has 5 nitrogen and oxygen atoms in total. The monoisotopic (exact) mass is 264 g/mol. The number of carboxylic acid groups (broad SMARTS) is 1. The number of fused-ring (bicyclic) bond motifs is 1. The molecular weight excluding hydrogens is 252 g/mol. The van der Waals surface area contributed by atoms with Crippen molar-refractivity contribution in [3.63, 3.8) is 0 Å². The zero-order valence-corrected chi connectivity index (χ0v) is 10.3. The topological polar surface area (TPSA) is 71.5 Å². The molecule has 18 heavy (non-hydrogen) atoms. The largest absolute Gasteiger partial charge is 0.487 e. The summed E-state index contributed by atoms with van der Waals surface area (Å²) in [5.41, 5.74) is 0.915. The van der Waals surface area contributed by atoms with E-state index in [0.717, 1.165) is 16.0 Å². The van der Waals surface area contributed by atoms with Crippen molar-refractivity contribution in [2.24, 2.45) is 0 Å². The SMILES string of the molecule is O=C(O)C1CC(Oc2ccnc3ccsc23)CN1. The summed E-state index contributed by atoms with van der Waals surface area (Å²) in [6.45, 7) is 0.562. The van der Waals surface area contributed by atoms with Crippen LogP contribution in [0.15, 0.2) is 23.7 Å². The van der Waals surface area contributed by atoms with Gasteiger partial charge in [-0.05, 0) is 17.5 Å². The van der Waals surface area contributed by atoms with E-state index in [1.54, 1.807) is 17.5 Å². The number of carbonyl (C=O) groups is 1. The molecule has 0 radical (unpaired) electrons. The van der Waals surface area contributed by atoms with Crippen LogP contribution in [0.4, 0.5) is 0 Å². The highest BCUT2D eigenvalue weighted by atomic mass is 32.1. The fourth-order valence-electron chi connectivity index (χ4n) is 2.10. The van der Waals surface area contributed by atoms with E-state index in [1.807, 2.05) is 17.5 Å². The maximum Gasteiger partial charge on any atom is 0.320 e. The molecule has 0 aromatic carbocycles. The van der Waals surface area contributed by atoms with E-state index in [4.69, 9.17) is 9.84 Å². The summed E-state index contributed by atoms with van der Waals surface area (Å²) < 4.78 is 6.88. The smallest absolute Gasteiger partial charge is 0.320 e. The first-order valence-corrected chi connectivity index (χ1v) is 6.57. The van der Waals surface area contributed by atoms with Crippen molar-refractivity contribution >= 4 is 27.5 Å². The first kappa shape index (κ1) is 11.4. The summed E-state index contributed by atoms with van der Waals surface area (Å²) in [7, 11) is 0. The highest BCUT2D eigenvalue weighted by molar-refractivity contribution is 7.17. The number of pyridine rings is 1. The number of aliphatic carboxylic acids is 1. The third kappa shape index (κ3) is 2.04. The summed E-state index contributed by atoms with van der Waals surface area (Å²) in [6, 6.07) is 3.27. The fourth-order valence-corrected chi connectivity index (χ4v) is 2.91. The first-order valence-electron chi connectivity index (χ1n) is 5.69. The van der Waals surface area contributed by atoms with Crippen LogP contribution in [0.3, 0.4) is 0 Å². The Bertz CT molecular complexity index is 583. The Morgan fingerprint density at radius 2 is 2.44 bits per heavy atom. The third-order valence-electron chi connectivity index (χ3n) is 2.99. The van der Waals surface area contributed by atoms with E-state index in [1.165, 1.54) is 0 Å². The molecule has 0 saturated carbocycles. The highest BCUT2D eigenvalue weighted by Gasteiger charge is 2.30. The number of nitrogens with zero attached hydrogens (tertiary/aromatic N) is 1. The van der Waals surface area contributed by atoms with Gasteiger partial charge in [-0.25, -0.2) is 0 Å². The predicted octanol–water partition coefficient (Wildman–Crippen LogP) is 1.49. The molecule has 1 saturated heterocycles. The normalized spacial score (nSPS) is 23.3. The van der Waals surface area contributed by atoms with Crippen molar-refractivity contribution in [2.45, 2.75) is 18.6 Å². The number of thiophene rings is 1. The van der Waals surface area contributed by atoms with Gasteiger partial charge in [-0.3, -0.25) is 9.78 Å². The maximum absolute atomic E-state index is 10.8. The molecule has 2 atom stereocenters. The molecular formula is C12H12N2O3S. The van der Waals surface area contributed by atoms with Crippen molar-refractivity contribution in [1.82, 2.24) is 10.3 Å². The third-order valence-corrected chi connectivity index (χ3v) is 3.91. The highest BCUT2D eigenvalue weighted by Crippen LogP contribution is 2.30. The summed E-state index contributed by atoms with van der Waals surface area (Å²) in [5, 5.41) is 13.8. The Hall–Kier alpha value is -1.66. The lowest BCUT2D eigenvalue weighted by atomic mass is 10.2. The Morgan fingerprint density at radius 1 is 1.56 bits per heavy atom. The lowest BCUT2D eigenvalue weighted by Gasteiger charge is -2.12. The number of hydrogen-bond acceptors (Lipinski definition) is 5. The van der Waals surface area contributed by atoms with Crippen molar-refractivity contribution < 1.29 is 14.6 Å². The van der Waals surface area contributed by atoms with E-state index in [0.29, 0.717) is 13.0 Å². The average Bonchev–Trinajstić information content (AvgIpc) is 2.97. The summed E-state index contributed by atoms with van der Waals surface area (Å²) in [6.07, 6.45) is 2.10. The van der Waals surface area contributed by atoms with Crippen LogP contribution in [-0.4, -0.2) is 34.8 Å². The van der Waals surface area contributed by atoms with E-state index in [-0.39, 0.29) is 6.10 Å². The van der Waals surface area contributed by atoms with Gasteiger partial charge in [0.1, 0.15) is 17.9 Å². The summed E-state index contributed by atoms with van der Waals surface area (Å²) in [4.78, 5) is 15.1. The number of hydrogen-bond donors (Lipinski definition) is 2. The van der Waals surface area contributed by atoms with Gasteiger partial charge in [0.25, 0.3) is 0 Å². The second kappa shape index (κ2) is 4.55. The van der Waals surface area contributed by atoms with Gasteiger partial charge in [0.15, 0.2) is 0 Å². The quantitative estimate of drug-likeness (QED) is 0.878. The minimum atomic E-state index is -0.822. The molecule has 0 spiro atoms. The van der Waals surface area contributed by atoms with Crippen LogP contribution < -0.4 is 10.1 Å². The average molecular weight is 264 g/mol. The van der Waals surface area contributed by atoms with Crippen molar-refractivity contribution in [3.05, 3.63) is 23.7 Å². The molecule has 3 rings (SSSR count). The van der Waals surface area contributed by atoms with Gasteiger partial charge in [-0.15, -0.1) is 11.3 Å². The van der Waals surface area contributed by atoms with Crippen LogP contribution in [0.2, 0.25) is 0 Å². The first-order chi connectivity index (χ1) is 8.74. The van der Waals surface area contributed by atoms with Gasteiger partial charge in [-0.1, -0.05) is 0 Å². The van der Waals surface area contributed by atoms with Crippen molar-refractivity contribution in [3.8, 4) is 5.75 Å². The molecule has 6 heteroatoms. The number of ether oxygens (including phenoxy) is 1. The summed E-state index contributed by atoms with van der Waals surface area (Å²) in [5.74, 6) is -0.0371. The van der Waals surface area contributed by atoms with Crippen LogP contribution in [0.1, 0.15) is 6.42 Å². The van der Waals surface area contributed by atoms with Crippen LogP contribution in [0.5, 0.6) is 5.75 Å². The lowest BCUT2D eigenvalue weighted by molar-refractivity contribution is -0.139. The minimum absolute atomic E-state index is 0.0983. The Morgan fingerprint density at radius 3 is 3.22 bits per heavy atom. The molecule has 0 bridgehead atoms. The Balaban J connectivity index is 1.77. The minimum Gasteiger partial charge on any atom is -0.487 e. The van der Waals surface area contributed by atoms with E-state index < -0.39 is 12.0 Å². The number of carboxylic acids is 1. The van der Waals surface area contributed by atoms with Crippen molar-refractivity contribution in [1.29, 1.82) is 0 Å². The second-order valence-electron chi connectivity index (χ2n) is 4.22. The second-order valence-corrected chi connectivity index (χ2v) is 5.13. The van der Waals surface area contributed by atoms with Gasteiger partial charge < -0.3 is 15.2 Å². The van der Waals surface area contributed by atoms with Gasteiger partial charge in [0.05, 0.1) is 10.2 Å². The van der Waals surface area contributed by atoms with Gasteiger partial charge in [-0.2, -0.15) is 0 Å². The standard InChI is InChI=1S/C12H12N2O3S/c15-12(16)9-5-7(6-14-9)17-10-1-3-13-8-2-4-18-11(8)10/h1-4,7,9,14H,5-6H2,(H,15,16). The molecule has 2 aromatic heterocycles. The Kier molecular flexibility index (Phi) is 2.89. The van der Waals surface area contributed by atoms with Gasteiger partial charge in [0.2, 0.25) is 0 Å².